The largest absolute Gasteiger partial charge is 0.394 e. The molecule has 0 aliphatic rings. The SMILES string of the molecule is CCCCCCCCCCCCCC/C=C\CCCCCCCCCCCCCCCC(=O)NC(CO)C(O)/C=C/CC/C=C/CCCCCCCCCCCCCCCCCCC. The molecule has 0 bridgehead atoms. The molecule has 0 rings (SSSR count). The van der Waals surface area contributed by atoms with Crippen LogP contribution in [0.2, 0.25) is 0 Å². The molecule has 4 nitrogen and oxygen atoms in total. The van der Waals surface area contributed by atoms with Gasteiger partial charge in [-0.25, -0.2) is 0 Å². The molecule has 64 heavy (non-hydrogen) atoms. The molecule has 0 aromatic carbocycles. The van der Waals surface area contributed by atoms with Crippen molar-refractivity contribution in [1.82, 2.24) is 5.32 Å². The summed E-state index contributed by atoms with van der Waals surface area (Å²) in [6.45, 7) is 4.33. The molecule has 2 unspecified atom stereocenters. The standard InChI is InChI=1S/C60H115NO3/c1-3-5-7-9-11-13-15-17-19-21-23-25-27-28-29-30-31-32-34-36-38-40-42-44-46-48-50-52-54-56-60(64)61-58(57-62)59(63)55-53-51-49-47-45-43-41-39-37-35-33-26-24-22-20-18-16-14-12-10-8-6-4-2/h28-29,45,47,53,55,58-59,62-63H,3-27,30-44,46,48-52,54,56-57H2,1-2H3,(H,61,64)/b29-28-,47-45+,55-53+. The maximum absolute atomic E-state index is 12.5. The van der Waals surface area contributed by atoms with Gasteiger partial charge in [-0.05, 0) is 57.8 Å². The van der Waals surface area contributed by atoms with E-state index >= 15 is 0 Å². The number of aliphatic hydroxyl groups excluding tert-OH is 2. The van der Waals surface area contributed by atoms with Crippen LogP contribution in [0.3, 0.4) is 0 Å². The summed E-state index contributed by atoms with van der Waals surface area (Å²) in [6, 6.07) is -0.639. The molecule has 0 fully saturated rings. The highest BCUT2D eigenvalue weighted by Crippen LogP contribution is 2.17. The monoisotopic (exact) mass is 898 g/mol. The summed E-state index contributed by atoms with van der Waals surface area (Å²) in [5.74, 6) is -0.0692. The van der Waals surface area contributed by atoms with Crippen LogP contribution in [0.15, 0.2) is 36.5 Å². The second kappa shape index (κ2) is 55.9. The van der Waals surface area contributed by atoms with Crippen LogP contribution in [0.25, 0.3) is 0 Å². The quantitative estimate of drug-likeness (QED) is 0.0421. The first-order chi connectivity index (χ1) is 31.7. The highest BCUT2D eigenvalue weighted by Gasteiger charge is 2.18. The predicted octanol–water partition coefficient (Wildman–Crippen LogP) is 19.3. The lowest BCUT2D eigenvalue weighted by molar-refractivity contribution is -0.123. The normalized spacial score (nSPS) is 13.0. The zero-order valence-corrected chi connectivity index (χ0v) is 43.6. The first kappa shape index (κ1) is 62.6. The molecule has 3 N–H and O–H groups in total. The van der Waals surface area contributed by atoms with Crippen molar-refractivity contribution in [3.05, 3.63) is 36.5 Å². The van der Waals surface area contributed by atoms with E-state index in [-0.39, 0.29) is 12.5 Å². The Morgan fingerprint density at radius 2 is 0.609 bits per heavy atom. The van der Waals surface area contributed by atoms with Crippen molar-refractivity contribution in [1.29, 1.82) is 0 Å². The lowest BCUT2D eigenvalue weighted by atomic mass is 10.0. The van der Waals surface area contributed by atoms with Crippen molar-refractivity contribution in [2.24, 2.45) is 0 Å². The topological polar surface area (TPSA) is 69.6 Å². The van der Waals surface area contributed by atoms with Gasteiger partial charge in [0.15, 0.2) is 0 Å². The van der Waals surface area contributed by atoms with Crippen molar-refractivity contribution in [2.45, 2.75) is 334 Å². The molecular weight excluding hydrogens is 783 g/mol. The summed E-state index contributed by atoms with van der Waals surface area (Å²) in [5.41, 5.74) is 0. The minimum atomic E-state index is -0.862. The summed E-state index contributed by atoms with van der Waals surface area (Å²) in [7, 11) is 0. The van der Waals surface area contributed by atoms with Gasteiger partial charge in [-0.3, -0.25) is 4.79 Å². The Labute approximate surface area is 402 Å². The third-order valence-corrected chi connectivity index (χ3v) is 13.6. The summed E-state index contributed by atoms with van der Waals surface area (Å²) >= 11 is 0. The van der Waals surface area contributed by atoms with Crippen LogP contribution >= 0.6 is 0 Å². The van der Waals surface area contributed by atoms with Gasteiger partial charge >= 0.3 is 0 Å². The van der Waals surface area contributed by atoms with E-state index in [0.717, 1.165) is 32.1 Å². The summed E-state index contributed by atoms with van der Waals surface area (Å²) in [5, 5.41) is 23.2. The Morgan fingerprint density at radius 1 is 0.359 bits per heavy atom. The van der Waals surface area contributed by atoms with Gasteiger partial charge in [-0.2, -0.15) is 0 Å². The van der Waals surface area contributed by atoms with Crippen LogP contribution in [0, 0.1) is 0 Å². The van der Waals surface area contributed by atoms with Crippen molar-refractivity contribution in [2.75, 3.05) is 6.61 Å². The minimum Gasteiger partial charge on any atom is -0.394 e. The molecule has 2 atom stereocenters. The van der Waals surface area contributed by atoms with E-state index in [4.69, 9.17) is 0 Å². The number of nitrogens with one attached hydrogen (secondary N) is 1. The molecule has 0 aromatic rings. The smallest absolute Gasteiger partial charge is 0.220 e. The Hall–Kier alpha value is -1.39. The lowest BCUT2D eigenvalue weighted by Gasteiger charge is -2.19. The van der Waals surface area contributed by atoms with E-state index < -0.39 is 12.1 Å². The molecule has 0 saturated heterocycles. The average molecular weight is 899 g/mol. The maximum Gasteiger partial charge on any atom is 0.220 e. The Bertz CT molecular complexity index is 974. The molecule has 378 valence electrons. The number of carbonyl (C=O) groups is 1. The van der Waals surface area contributed by atoms with Gasteiger partial charge < -0.3 is 15.5 Å². The second-order valence-electron chi connectivity index (χ2n) is 20.1. The number of rotatable bonds is 54. The number of allylic oxidation sites excluding steroid dienone is 5. The van der Waals surface area contributed by atoms with Crippen molar-refractivity contribution >= 4 is 5.91 Å². The van der Waals surface area contributed by atoms with Gasteiger partial charge in [0.2, 0.25) is 5.91 Å². The van der Waals surface area contributed by atoms with Crippen LogP contribution in [0.4, 0.5) is 0 Å². The van der Waals surface area contributed by atoms with E-state index in [1.54, 1.807) is 6.08 Å². The zero-order valence-electron chi connectivity index (χ0n) is 43.6. The highest BCUT2D eigenvalue weighted by molar-refractivity contribution is 5.76. The van der Waals surface area contributed by atoms with E-state index in [0.29, 0.717) is 6.42 Å². The fourth-order valence-corrected chi connectivity index (χ4v) is 9.13. The second-order valence-corrected chi connectivity index (χ2v) is 20.1. The van der Waals surface area contributed by atoms with Crippen LogP contribution in [0.1, 0.15) is 322 Å². The maximum atomic E-state index is 12.5. The number of unbranched alkanes of at least 4 members (excludes halogenated alkanes) is 43. The lowest BCUT2D eigenvalue weighted by Crippen LogP contribution is -2.45. The number of aliphatic hydroxyl groups is 2. The van der Waals surface area contributed by atoms with Gasteiger partial charge in [0, 0.05) is 6.42 Å². The van der Waals surface area contributed by atoms with Gasteiger partial charge in [-0.15, -0.1) is 0 Å². The summed E-state index contributed by atoms with van der Waals surface area (Å²) in [6.07, 6.45) is 76.1. The number of carbonyl (C=O) groups excluding carboxylic acids is 1. The van der Waals surface area contributed by atoms with Gasteiger partial charge in [-0.1, -0.05) is 294 Å². The third-order valence-electron chi connectivity index (χ3n) is 13.6. The van der Waals surface area contributed by atoms with Crippen molar-refractivity contribution < 1.29 is 15.0 Å². The van der Waals surface area contributed by atoms with Crippen LogP contribution in [0.5, 0.6) is 0 Å². The average Bonchev–Trinajstić information content (AvgIpc) is 3.30. The first-order valence-electron chi connectivity index (χ1n) is 29.2. The Morgan fingerprint density at radius 3 is 0.906 bits per heavy atom. The van der Waals surface area contributed by atoms with Crippen LogP contribution in [-0.2, 0) is 4.79 Å². The molecular formula is C60H115NO3. The van der Waals surface area contributed by atoms with Crippen molar-refractivity contribution in [3.8, 4) is 0 Å². The molecule has 0 heterocycles. The van der Waals surface area contributed by atoms with E-state index in [9.17, 15) is 15.0 Å². The third kappa shape index (κ3) is 51.6. The van der Waals surface area contributed by atoms with Gasteiger partial charge in [0.25, 0.3) is 0 Å². The molecule has 1 amide bonds. The fraction of sp³-hybridized carbons (Fsp3) is 0.883. The van der Waals surface area contributed by atoms with Crippen molar-refractivity contribution in [3.63, 3.8) is 0 Å². The molecule has 0 saturated carbocycles. The first-order valence-corrected chi connectivity index (χ1v) is 29.2. The summed E-state index contributed by atoms with van der Waals surface area (Å²) < 4.78 is 0. The van der Waals surface area contributed by atoms with E-state index in [1.807, 2.05) is 6.08 Å². The highest BCUT2D eigenvalue weighted by atomic mass is 16.3. The zero-order chi connectivity index (χ0) is 46.3. The minimum absolute atomic E-state index is 0.0692. The molecule has 0 aliphatic carbocycles. The van der Waals surface area contributed by atoms with Gasteiger partial charge in [0.05, 0.1) is 18.8 Å². The molecule has 0 aliphatic heterocycles. The molecule has 0 radical (unpaired) electrons. The summed E-state index contributed by atoms with van der Waals surface area (Å²) in [4.78, 5) is 12.5. The van der Waals surface area contributed by atoms with E-state index in [2.05, 4.69) is 43.5 Å². The molecule has 0 spiro atoms. The molecule has 0 aromatic heterocycles. The van der Waals surface area contributed by atoms with Gasteiger partial charge in [0.1, 0.15) is 0 Å². The number of amides is 1. The predicted molar refractivity (Wildman–Crippen MR) is 285 cm³/mol. The Kier molecular flexibility index (Phi) is 54.7. The van der Waals surface area contributed by atoms with Crippen LogP contribution < -0.4 is 5.32 Å². The fourth-order valence-electron chi connectivity index (χ4n) is 9.13. The van der Waals surface area contributed by atoms with Crippen LogP contribution in [-0.4, -0.2) is 34.9 Å². The Balaban J connectivity index is 3.50. The number of hydrogen-bond donors (Lipinski definition) is 3. The van der Waals surface area contributed by atoms with E-state index in [1.165, 1.54) is 270 Å². The molecule has 4 heteroatoms. The number of hydrogen-bond acceptors (Lipinski definition) is 3.